The smallest absolute Gasteiger partial charge is 0.152 e. The summed E-state index contributed by atoms with van der Waals surface area (Å²) in [7, 11) is -2.87. The highest BCUT2D eigenvalue weighted by Gasteiger charge is 2.13. The van der Waals surface area contributed by atoms with Gasteiger partial charge in [-0.1, -0.05) is 19.1 Å². The van der Waals surface area contributed by atoms with Crippen molar-refractivity contribution >= 4 is 9.84 Å². The van der Waals surface area contributed by atoms with Gasteiger partial charge in [0.2, 0.25) is 0 Å². The first-order valence-corrected chi connectivity index (χ1v) is 7.79. The van der Waals surface area contributed by atoms with Gasteiger partial charge in [-0.3, -0.25) is 0 Å². The second-order valence-corrected chi connectivity index (χ2v) is 6.89. The Hall–Kier alpha value is -0.350. The molecule has 0 rings (SSSR count). The third kappa shape index (κ3) is 7.88. The van der Waals surface area contributed by atoms with E-state index in [1.165, 1.54) is 0 Å². The van der Waals surface area contributed by atoms with E-state index >= 15 is 0 Å². The fraction of sp³-hybridized carbons (Fsp3) is 0.833. The van der Waals surface area contributed by atoms with Gasteiger partial charge in [0.25, 0.3) is 0 Å². The molecule has 0 spiro atoms. The van der Waals surface area contributed by atoms with Crippen LogP contribution in [0.25, 0.3) is 0 Å². The summed E-state index contributed by atoms with van der Waals surface area (Å²) in [5.41, 5.74) is 0. The molecule has 0 heterocycles. The van der Waals surface area contributed by atoms with Gasteiger partial charge < -0.3 is 5.32 Å². The molecule has 3 nitrogen and oxygen atoms in total. The van der Waals surface area contributed by atoms with Crippen LogP contribution in [0.4, 0.5) is 0 Å². The van der Waals surface area contributed by atoms with Gasteiger partial charge in [0, 0.05) is 0 Å². The summed E-state index contributed by atoms with van der Waals surface area (Å²) in [6.45, 7) is 7.62. The van der Waals surface area contributed by atoms with Crippen LogP contribution in [0.15, 0.2) is 12.2 Å². The highest BCUT2D eigenvalue weighted by molar-refractivity contribution is 7.91. The Kier molecular flexibility index (Phi) is 8.57. The van der Waals surface area contributed by atoms with Gasteiger partial charge in [-0.15, -0.1) is 0 Å². The van der Waals surface area contributed by atoms with Crippen molar-refractivity contribution in [2.24, 2.45) is 0 Å². The summed E-state index contributed by atoms with van der Waals surface area (Å²) in [6.07, 6.45) is 6.78. The minimum absolute atomic E-state index is 0.257. The van der Waals surface area contributed by atoms with Crippen LogP contribution in [0.5, 0.6) is 0 Å². The molecule has 0 aliphatic carbocycles. The van der Waals surface area contributed by atoms with E-state index in [2.05, 4.69) is 18.3 Å². The Bertz CT molecular complexity index is 281. The molecule has 0 aromatic heterocycles. The number of sulfone groups is 1. The van der Waals surface area contributed by atoms with Crippen molar-refractivity contribution < 1.29 is 8.42 Å². The third-order valence-corrected chi connectivity index (χ3v) is 4.61. The van der Waals surface area contributed by atoms with Gasteiger partial charge in [0.15, 0.2) is 9.84 Å². The van der Waals surface area contributed by atoms with Crippen molar-refractivity contribution in [2.45, 2.75) is 45.3 Å². The monoisotopic (exact) mass is 247 g/mol. The van der Waals surface area contributed by atoms with E-state index in [4.69, 9.17) is 0 Å². The Morgan fingerprint density at radius 3 is 2.31 bits per heavy atom. The van der Waals surface area contributed by atoms with Crippen LogP contribution in [-0.4, -0.2) is 32.5 Å². The second kappa shape index (κ2) is 8.76. The molecule has 0 aliphatic heterocycles. The van der Waals surface area contributed by atoms with E-state index in [9.17, 15) is 8.42 Å². The van der Waals surface area contributed by atoms with Crippen LogP contribution in [0.1, 0.15) is 40.0 Å². The molecular formula is C12H25NO2S. The summed E-state index contributed by atoms with van der Waals surface area (Å²) in [5, 5.41) is 3.03. The highest BCUT2D eigenvalue weighted by atomic mass is 32.2. The van der Waals surface area contributed by atoms with Crippen LogP contribution < -0.4 is 5.32 Å². The molecule has 0 aromatic rings. The predicted molar refractivity (Wildman–Crippen MR) is 70.5 cm³/mol. The maximum Gasteiger partial charge on any atom is 0.152 e. The van der Waals surface area contributed by atoms with Crippen molar-refractivity contribution in [3.05, 3.63) is 12.2 Å². The number of allylic oxidation sites excluding steroid dienone is 1. The van der Waals surface area contributed by atoms with Gasteiger partial charge in [0.1, 0.15) is 0 Å². The molecule has 16 heavy (non-hydrogen) atoms. The van der Waals surface area contributed by atoms with E-state index in [0.717, 1.165) is 25.9 Å². The molecule has 0 bridgehead atoms. The van der Waals surface area contributed by atoms with Gasteiger partial charge >= 0.3 is 0 Å². The topological polar surface area (TPSA) is 46.2 Å². The summed E-state index contributed by atoms with van der Waals surface area (Å²) >= 11 is 0. The number of hydrogen-bond donors (Lipinski definition) is 1. The van der Waals surface area contributed by atoms with Gasteiger partial charge in [-0.25, -0.2) is 8.42 Å². The first kappa shape index (κ1) is 15.7. The zero-order chi connectivity index (χ0) is 12.4. The van der Waals surface area contributed by atoms with Crippen LogP contribution >= 0.6 is 0 Å². The molecule has 0 amide bonds. The molecule has 0 aromatic carbocycles. The van der Waals surface area contributed by atoms with E-state index in [1.54, 1.807) is 13.8 Å². The fourth-order valence-electron chi connectivity index (χ4n) is 1.19. The fourth-order valence-corrected chi connectivity index (χ4v) is 2.13. The van der Waals surface area contributed by atoms with E-state index in [1.807, 2.05) is 6.08 Å². The first-order valence-electron chi connectivity index (χ1n) is 6.08. The first-order chi connectivity index (χ1) is 7.50. The molecule has 0 unspecified atom stereocenters. The molecule has 0 fully saturated rings. The number of hydrogen-bond acceptors (Lipinski definition) is 3. The predicted octanol–water partition coefficient (Wildman–Crippen LogP) is 2.15. The SMILES string of the molecule is CCCNCC/C=C/CCS(=O)(=O)C(C)C. The summed E-state index contributed by atoms with van der Waals surface area (Å²) < 4.78 is 22.9. The summed E-state index contributed by atoms with van der Waals surface area (Å²) in [4.78, 5) is 0. The normalized spacial score (nSPS) is 12.8. The summed E-state index contributed by atoms with van der Waals surface area (Å²) in [5.74, 6) is 0.267. The molecular weight excluding hydrogens is 222 g/mol. The van der Waals surface area contributed by atoms with Gasteiger partial charge in [0.05, 0.1) is 11.0 Å². The summed E-state index contributed by atoms with van der Waals surface area (Å²) in [6, 6.07) is 0. The van der Waals surface area contributed by atoms with Crippen LogP contribution in [0.2, 0.25) is 0 Å². The van der Waals surface area contributed by atoms with E-state index in [-0.39, 0.29) is 11.0 Å². The standard InChI is InChI=1S/C12H25NO2S/c1-4-9-13-10-7-5-6-8-11-16(14,15)12(2)3/h5-6,12-13H,4,7-11H2,1-3H3/b6-5+. The Balaban J connectivity index is 3.55. The largest absolute Gasteiger partial charge is 0.316 e. The Morgan fingerprint density at radius 1 is 1.12 bits per heavy atom. The van der Waals surface area contributed by atoms with E-state index in [0.29, 0.717) is 6.42 Å². The van der Waals surface area contributed by atoms with Crippen LogP contribution in [0.3, 0.4) is 0 Å². The van der Waals surface area contributed by atoms with Crippen LogP contribution in [0, 0.1) is 0 Å². The van der Waals surface area contributed by atoms with E-state index < -0.39 is 9.84 Å². The molecule has 1 N–H and O–H groups in total. The Labute approximate surface area is 100 Å². The molecule has 0 saturated heterocycles. The van der Waals surface area contributed by atoms with Crippen molar-refractivity contribution in [2.75, 3.05) is 18.8 Å². The maximum atomic E-state index is 11.5. The quantitative estimate of drug-likeness (QED) is 0.501. The average Bonchev–Trinajstić information content (AvgIpc) is 2.21. The van der Waals surface area contributed by atoms with Gasteiger partial charge in [-0.2, -0.15) is 0 Å². The van der Waals surface area contributed by atoms with Crippen molar-refractivity contribution in [1.29, 1.82) is 0 Å². The molecule has 0 saturated carbocycles. The van der Waals surface area contributed by atoms with Gasteiger partial charge in [-0.05, 0) is 46.2 Å². The molecule has 4 heteroatoms. The maximum absolute atomic E-state index is 11.5. The zero-order valence-corrected chi connectivity index (χ0v) is 11.5. The van der Waals surface area contributed by atoms with Crippen molar-refractivity contribution in [1.82, 2.24) is 5.32 Å². The lowest BCUT2D eigenvalue weighted by Crippen LogP contribution is -2.17. The molecule has 96 valence electrons. The highest BCUT2D eigenvalue weighted by Crippen LogP contribution is 2.03. The lowest BCUT2D eigenvalue weighted by Gasteiger charge is -2.04. The lowest BCUT2D eigenvalue weighted by molar-refractivity contribution is 0.587. The number of nitrogens with one attached hydrogen (secondary N) is 1. The third-order valence-electron chi connectivity index (χ3n) is 2.37. The molecule has 0 radical (unpaired) electrons. The van der Waals surface area contributed by atoms with Crippen LogP contribution in [-0.2, 0) is 9.84 Å². The average molecular weight is 247 g/mol. The Morgan fingerprint density at radius 2 is 1.75 bits per heavy atom. The number of rotatable bonds is 9. The lowest BCUT2D eigenvalue weighted by atomic mass is 10.3. The minimum atomic E-state index is -2.87. The molecule has 0 atom stereocenters. The van der Waals surface area contributed by atoms with Crippen molar-refractivity contribution in [3.8, 4) is 0 Å². The minimum Gasteiger partial charge on any atom is -0.316 e. The van der Waals surface area contributed by atoms with Crippen molar-refractivity contribution in [3.63, 3.8) is 0 Å². The second-order valence-electron chi connectivity index (χ2n) is 4.21. The zero-order valence-electron chi connectivity index (χ0n) is 10.7. The molecule has 0 aliphatic rings.